The lowest BCUT2D eigenvalue weighted by atomic mass is 10.3. The van der Waals surface area contributed by atoms with Crippen molar-refractivity contribution in [2.24, 2.45) is 0 Å². The van der Waals surface area contributed by atoms with E-state index < -0.39 is 0 Å². The molecule has 0 radical (unpaired) electrons. The smallest absolute Gasteiger partial charge is 0.225 e. The maximum atomic E-state index is 5.44. The molecule has 5 nitrogen and oxygen atoms in total. The molecular weight excluding hydrogens is 260 g/mol. The van der Waals surface area contributed by atoms with Crippen LogP contribution in [-0.4, -0.2) is 43.3 Å². The van der Waals surface area contributed by atoms with Crippen LogP contribution < -0.4 is 10.2 Å². The van der Waals surface area contributed by atoms with Crippen molar-refractivity contribution in [3.05, 3.63) is 10.9 Å². The van der Waals surface area contributed by atoms with Gasteiger partial charge in [-0.1, -0.05) is 0 Å². The summed E-state index contributed by atoms with van der Waals surface area (Å²) in [5.41, 5.74) is 0. The summed E-state index contributed by atoms with van der Waals surface area (Å²) in [6.45, 7) is 4.00. The summed E-state index contributed by atoms with van der Waals surface area (Å²) >= 11 is 1.71. The van der Waals surface area contributed by atoms with E-state index in [0.717, 1.165) is 35.5 Å². The van der Waals surface area contributed by atoms with Crippen molar-refractivity contribution in [2.45, 2.75) is 19.4 Å². The Labute approximate surface area is 116 Å². The zero-order chi connectivity index (χ0) is 13.4. The molecule has 0 amide bonds. The minimum atomic E-state index is 0.308. The first kappa shape index (κ1) is 12.6. The molecule has 102 valence electrons. The maximum Gasteiger partial charge on any atom is 0.225 e. The largest absolute Gasteiger partial charge is 0.380 e. The van der Waals surface area contributed by atoms with Gasteiger partial charge in [-0.15, -0.1) is 11.3 Å². The van der Waals surface area contributed by atoms with Crippen LogP contribution in [0.3, 0.4) is 0 Å². The Morgan fingerprint density at radius 2 is 2.32 bits per heavy atom. The van der Waals surface area contributed by atoms with E-state index >= 15 is 0 Å². The van der Waals surface area contributed by atoms with Gasteiger partial charge in [0.15, 0.2) is 0 Å². The number of nitrogens with zero attached hydrogens (tertiary/aromatic N) is 3. The Hall–Kier alpha value is -1.40. The first-order valence-electron chi connectivity index (χ1n) is 6.45. The van der Waals surface area contributed by atoms with Crippen molar-refractivity contribution in [3.8, 4) is 0 Å². The predicted molar refractivity (Wildman–Crippen MR) is 79.3 cm³/mol. The zero-order valence-corrected chi connectivity index (χ0v) is 12.3. The molecule has 1 aliphatic heterocycles. The second-order valence-electron chi connectivity index (χ2n) is 4.79. The van der Waals surface area contributed by atoms with E-state index in [1.54, 1.807) is 18.4 Å². The highest BCUT2D eigenvalue weighted by Gasteiger charge is 2.25. The third-order valence-corrected chi connectivity index (χ3v) is 4.44. The normalized spacial score (nSPS) is 19.3. The van der Waals surface area contributed by atoms with Crippen molar-refractivity contribution < 1.29 is 4.74 Å². The quantitative estimate of drug-likeness (QED) is 0.933. The summed E-state index contributed by atoms with van der Waals surface area (Å²) < 4.78 is 5.44. The number of rotatable bonds is 3. The van der Waals surface area contributed by atoms with Crippen LogP contribution in [0.4, 0.5) is 11.8 Å². The molecule has 1 fully saturated rings. The van der Waals surface area contributed by atoms with Gasteiger partial charge in [0.05, 0.1) is 11.5 Å². The number of hydrogen-bond acceptors (Lipinski definition) is 6. The predicted octanol–water partition coefficient (Wildman–Crippen LogP) is 2.27. The lowest BCUT2D eigenvalue weighted by Crippen LogP contribution is -2.23. The summed E-state index contributed by atoms with van der Waals surface area (Å²) in [6.07, 6.45) is 1.36. The molecule has 1 unspecified atom stereocenters. The zero-order valence-electron chi connectivity index (χ0n) is 11.4. The van der Waals surface area contributed by atoms with E-state index in [1.165, 1.54) is 4.88 Å². The van der Waals surface area contributed by atoms with Gasteiger partial charge in [-0.3, -0.25) is 0 Å². The lowest BCUT2D eigenvalue weighted by Gasteiger charge is -2.18. The number of methoxy groups -OCH3 is 1. The third-order valence-electron chi connectivity index (χ3n) is 3.50. The second kappa shape index (κ2) is 4.94. The Balaban J connectivity index is 2.06. The molecule has 1 saturated heterocycles. The Bertz CT molecular complexity index is 598. The number of thiophene rings is 1. The van der Waals surface area contributed by atoms with Gasteiger partial charge < -0.3 is 15.0 Å². The molecule has 3 rings (SSSR count). The standard InChI is InChI=1S/C13H18N4OS/c1-8-6-10-11(17-5-4-9(7-17)18-3)15-13(14-2)16-12(10)19-8/h6,9H,4-5,7H2,1-3H3,(H,14,15,16). The van der Waals surface area contributed by atoms with Crippen LogP contribution in [0.15, 0.2) is 6.07 Å². The van der Waals surface area contributed by atoms with Crippen molar-refractivity contribution >= 4 is 33.3 Å². The van der Waals surface area contributed by atoms with Crippen molar-refractivity contribution in [1.82, 2.24) is 9.97 Å². The van der Waals surface area contributed by atoms with E-state index in [0.29, 0.717) is 12.1 Å². The van der Waals surface area contributed by atoms with Crippen LogP contribution in [-0.2, 0) is 4.74 Å². The van der Waals surface area contributed by atoms with Gasteiger partial charge in [-0.05, 0) is 19.4 Å². The highest BCUT2D eigenvalue weighted by molar-refractivity contribution is 7.18. The van der Waals surface area contributed by atoms with Gasteiger partial charge in [-0.25, -0.2) is 4.98 Å². The van der Waals surface area contributed by atoms with Gasteiger partial charge in [0.1, 0.15) is 10.6 Å². The van der Waals surface area contributed by atoms with Crippen LogP contribution in [0, 0.1) is 6.92 Å². The molecule has 0 aliphatic carbocycles. The molecule has 1 N–H and O–H groups in total. The first-order valence-corrected chi connectivity index (χ1v) is 7.26. The summed E-state index contributed by atoms with van der Waals surface area (Å²) in [5, 5.41) is 4.20. The molecular formula is C13H18N4OS. The number of hydrogen-bond donors (Lipinski definition) is 1. The monoisotopic (exact) mass is 278 g/mol. The molecule has 0 saturated carbocycles. The van der Waals surface area contributed by atoms with Crippen LogP contribution in [0.25, 0.3) is 10.2 Å². The van der Waals surface area contributed by atoms with Crippen molar-refractivity contribution in [2.75, 3.05) is 37.5 Å². The van der Waals surface area contributed by atoms with Gasteiger partial charge in [0.25, 0.3) is 0 Å². The number of aromatic nitrogens is 2. The first-order chi connectivity index (χ1) is 9.21. The molecule has 1 aliphatic rings. The summed E-state index contributed by atoms with van der Waals surface area (Å²) in [5.74, 6) is 1.71. The fraction of sp³-hybridized carbons (Fsp3) is 0.538. The van der Waals surface area contributed by atoms with Gasteiger partial charge in [-0.2, -0.15) is 4.98 Å². The molecule has 3 heterocycles. The van der Waals surface area contributed by atoms with Crippen molar-refractivity contribution in [3.63, 3.8) is 0 Å². The fourth-order valence-corrected chi connectivity index (χ4v) is 3.37. The van der Waals surface area contributed by atoms with E-state index in [9.17, 15) is 0 Å². The number of anilines is 2. The maximum absolute atomic E-state index is 5.44. The van der Waals surface area contributed by atoms with Crippen molar-refractivity contribution in [1.29, 1.82) is 0 Å². The Morgan fingerprint density at radius 3 is 3.00 bits per heavy atom. The highest BCUT2D eigenvalue weighted by atomic mass is 32.1. The van der Waals surface area contributed by atoms with E-state index in [4.69, 9.17) is 4.74 Å². The molecule has 0 aromatic carbocycles. The molecule has 19 heavy (non-hydrogen) atoms. The van der Waals surface area contributed by atoms with Crippen LogP contribution in [0.5, 0.6) is 0 Å². The topological polar surface area (TPSA) is 50.3 Å². The minimum absolute atomic E-state index is 0.308. The fourth-order valence-electron chi connectivity index (χ4n) is 2.49. The summed E-state index contributed by atoms with van der Waals surface area (Å²) in [6, 6.07) is 2.18. The van der Waals surface area contributed by atoms with E-state index in [-0.39, 0.29) is 0 Å². The lowest BCUT2D eigenvalue weighted by molar-refractivity contribution is 0.121. The van der Waals surface area contributed by atoms with Crippen LogP contribution in [0.2, 0.25) is 0 Å². The van der Waals surface area contributed by atoms with Gasteiger partial charge in [0.2, 0.25) is 5.95 Å². The van der Waals surface area contributed by atoms with E-state index in [2.05, 4.69) is 33.2 Å². The average Bonchev–Trinajstić information content (AvgIpc) is 3.02. The molecule has 0 bridgehead atoms. The SMILES string of the molecule is CNc1nc(N2CCC(OC)C2)c2cc(C)sc2n1. The summed E-state index contributed by atoms with van der Waals surface area (Å²) in [4.78, 5) is 13.8. The van der Waals surface area contributed by atoms with E-state index in [1.807, 2.05) is 7.05 Å². The molecule has 2 aromatic heterocycles. The third kappa shape index (κ3) is 2.26. The minimum Gasteiger partial charge on any atom is -0.380 e. The average molecular weight is 278 g/mol. The summed E-state index contributed by atoms with van der Waals surface area (Å²) in [7, 11) is 3.63. The highest BCUT2D eigenvalue weighted by Crippen LogP contribution is 2.33. The Morgan fingerprint density at radius 1 is 1.47 bits per heavy atom. The van der Waals surface area contributed by atoms with Gasteiger partial charge >= 0.3 is 0 Å². The molecule has 1 atom stereocenters. The number of fused-ring (bicyclic) bond motifs is 1. The van der Waals surface area contributed by atoms with Crippen LogP contribution in [0.1, 0.15) is 11.3 Å². The molecule has 6 heteroatoms. The molecule has 2 aromatic rings. The number of ether oxygens (including phenoxy) is 1. The second-order valence-corrected chi connectivity index (χ2v) is 6.02. The number of aryl methyl sites for hydroxylation is 1. The molecule has 0 spiro atoms. The van der Waals surface area contributed by atoms with Crippen LogP contribution >= 0.6 is 11.3 Å². The van der Waals surface area contributed by atoms with Gasteiger partial charge in [0, 0.05) is 32.1 Å². The number of nitrogens with one attached hydrogen (secondary N) is 1. The Kier molecular flexibility index (Phi) is 3.28.